The van der Waals surface area contributed by atoms with Crippen LogP contribution in [0.1, 0.15) is 5.89 Å². The van der Waals surface area contributed by atoms with Crippen LogP contribution in [0.2, 0.25) is 0 Å². The van der Waals surface area contributed by atoms with Gasteiger partial charge in [0.1, 0.15) is 5.75 Å². The van der Waals surface area contributed by atoms with Crippen molar-refractivity contribution in [1.82, 2.24) is 19.3 Å². The molecule has 0 unspecified atom stereocenters. The Labute approximate surface area is 174 Å². The van der Waals surface area contributed by atoms with E-state index in [0.29, 0.717) is 11.6 Å². The highest BCUT2D eigenvalue weighted by Crippen LogP contribution is 2.20. The largest absolute Gasteiger partial charge is 0.497 e. The first-order chi connectivity index (χ1) is 14.3. The van der Waals surface area contributed by atoms with E-state index < -0.39 is 15.9 Å². The molecular formula is C20H22N4O5S. The van der Waals surface area contributed by atoms with Gasteiger partial charge >= 0.3 is 0 Å². The van der Waals surface area contributed by atoms with Crippen LogP contribution in [-0.2, 0) is 21.4 Å². The molecule has 3 aromatic rings. The second-order valence-electron chi connectivity index (χ2n) is 6.56. The fraction of sp³-hybridized carbons (Fsp3) is 0.250. The number of likely N-dealkylation sites (N-methyl/N-ethyl adjacent to an activating group) is 2. The molecule has 1 aromatic heterocycles. The first kappa shape index (κ1) is 21.5. The molecule has 2 aromatic carbocycles. The number of carbonyl (C=O) groups is 1. The van der Waals surface area contributed by atoms with Crippen molar-refractivity contribution in [2.75, 3.05) is 27.7 Å². The first-order valence-electron chi connectivity index (χ1n) is 9.03. The molecule has 9 nitrogen and oxygen atoms in total. The summed E-state index contributed by atoms with van der Waals surface area (Å²) in [6.07, 6.45) is 0. The van der Waals surface area contributed by atoms with Gasteiger partial charge in [-0.25, -0.2) is 8.42 Å². The van der Waals surface area contributed by atoms with Crippen molar-refractivity contribution in [3.63, 3.8) is 0 Å². The number of ether oxygens (including phenoxy) is 1. The van der Waals surface area contributed by atoms with E-state index in [1.54, 1.807) is 56.6 Å². The van der Waals surface area contributed by atoms with Crippen LogP contribution >= 0.6 is 0 Å². The Morgan fingerprint density at radius 2 is 1.73 bits per heavy atom. The molecule has 1 heterocycles. The lowest BCUT2D eigenvalue weighted by Gasteiger charge is -2.20. The zero-order chi connectivity index (χ0) is 21.7. The second kappa shape index (κ2) is 9.06. The van der Waals surface area contributed by atoms with Gasteiger partial charge in [0, 0.05) is 19.7 Å². The number of hydrogen-bond acceptors (Lipinski definition) is 7. The predicted octanol–water partition coefficient (Wildman–Crippen LogP) is 2.02. The van der Waals surface area contributed by atoms with Crippen molar-refractivity contribution < 1.29 is 22.5 Å². The Hall–Kier alpha value is -3.24. The molecule has 0 radical (unpaired) electrons. The molecule has 158 valence electrons. The lowest BCUT2D eigenvalue weighted by molar-refractivity contribution is -0.130. The van der Waals surface area contributed by atoms with Gasteiger partial charge in [-0.3, -0.25) is 4.79 Å². The summed E-state index contributed by atoms with van der Waals surface area (Å²) < 4.78 is 36.5. The molecule has 30 heavy (non-hydrogen) atoms. The quantitative estimate of drug-likeness (QED) is 0.538. The van der Waals surface area contributed by atoms with Crippen LogP contribution in [0.4, 0.5) is 0 Å². The average Bonchev–Trinajstić information content (AvgIpc) is 3.22. The summed E-state index contributed by atoms with van der Waals surface area (Å²) >= 11 is 0. The summed E-state index contributed by atoms with van der Waals surface area (Å²) in [4.78, 5) is 18.3. The number of rotatable bonds is 8. The summed E-state index contributed by atoms with van der Waals surface area (Å²) in [5.41, 5.74) is 0.744. The van der Waals surface area contributed by atoms with Crippen LogP contribution < -0.4 is 4.74 Å². The Balaban J connectivity index is 1.62. The zero-order valence-electron chi connectivity index (χ0n) is 16.8. The average molecular weight is 430 g/mol. The van der Waals surface area contributed by atoms with Crippen molar-refractivity contribution in [3.8, 4) is 17.1 Å². The summed E-state index contributed by atoms with van der Waals surface area (Å²) in [6, 6.07) is 15.1. The van der Waals surface area contributed by atoms with Gasteiger partial charge in [0.25, 0.3) is 0 Å². The highest BCUT2D eigenvalue weighted by molar-refractivity contribution is 7.89. The molecule has 0 saturated carbocycles. The number of methoxy groups -OCH3 is 1. The van der Waals surface area contributed by atoms with Crippen LogP contribution in [0.5, 0.6) is 5.75 Å². The van der Waals surface area contributed by atoms with Crippen molar-refractivity contribution in [3.05, 3.63) is 60.5 Å². The zero-order valence-corrected chi connectivity index (χ0v) is 17.7. The van der Waals surface area contributed by atoms with Crippen molar-refractivity contribution in [2.24, 2.45) is 0 Å². The Morgan fingerprint density at radius 3 is 2.37 bits per heavy atom. The number of benzene rings is 2. The Morgan fingerprint density at radius 1 is 1.07 bits per heavy atom. The van der Waals surface area contributed by atoms with Gasteiger partial charge in [-0.2, -0.15) is 9.29 Å². The molecule has 0 aliphatic heterocycles. The first-order valence-corrected chi connectivity index (χ1v) is 10.5. The topological polar surface area (TPSA) is 106 Å². The lowest BCUT2D eigenvalue weighted by Crippen LogP contribution is -2.39. The van der Waals surface area contributed by atoms with E-state index in [4.69, 9.17) is 9.26 Å². The summed E-state index contributed by atoms with van der Waals surface area (Å²) in [5, 5.41) is 3.92. The highest BCUT2D eigenvalue weighted by Gasteiger charge is 2.24. The number of aromatic nitrogens is 2. The van der Waals surface area contributed by atoms with Gasteiger partial charge < -0.3 is 14.2 Å². The van der Waals surface area contributed by atoms with Crippen LogP contribution in [0, 0.1) is 0 Å². The molecule has 0 aliphatic carbocycles. The van der Waals surface area contributed by atoms with Crippen LogP contribution in [-0.4, -0.2) is 61.4 Å². The number of nitrogens with zero attached hydrogens (tertiary/aromatic N) is 4. The smallest absolute Gasteiger partial charge is 0.246 e. The Bertz CT molecular complexity index is 1100. The van der Waals surface area contributed by atoms with Gasteiger partial charge in [0.05, 0.1) is 25.1 Å². The molecule has 0 atom stereocenters. The van der Waals surface area contributed by atoms with E-state index in [1.165, 1.54) is 24.1 Å². The third-order valence-electron chi connectivity index (χ3n) is 4.42. The maximum absolute atomic E-state index is 12.6. The molecular weight excluding hydrogens is 408 g/mol. The molecule has 0 aliphatic rings. The molecule has 10 heteroatoms. The fourth-order valence-corrected chi connectivity index (χ4v) is 3.78. The minimum Gasteiger partial charge on any atom is -0.497 e. The van der Waals surface area contributed by atoms with Crippen LogP contribution in [0.3, 0.4) is 0 Å². The molecule has 0 bridgehead atoms. The van der Waals surface area contributed by atoms with E-state index in [-0.39, 0.29) is 23.9 Å². The normalized spacial score (nSPS) is 11.5. The SMILES string of the molecule is COc1ccc(-c2noc(CN(C)C(=O)CN(C)S(=O)(=O)c3ccccc3)n2)cc1. The minimum absolute atomic E-state index is 0.0568. The number of amides is 1. The monoisotopic (exact) mass is 430 g/mol. The van der Waals surface area contributed by atoms with Crippen molar-refractivity contribution >= 4 is 15.9 Å². The second-order valence-corrected chi connectivity index (χ2v) is 8.61. The van der Waals surface area contributed by atoms with Gasteiger partial charge in [-0.15, -0.1) is 0 Å². The molecule has 3 rings (SSSR count). The Kier molecular flexibility index (Phi) is 6.48. The van der Waals surface area contributed by atoms with Gasteiger partial charge in [-0.1, -0.05) is 23.4 Å². The van der Waals surface area contributed by atoms with E-state index in [9.17, 15) is 13.2 Å². The fourth-order valence-electron chi connectivity index (χ4n) is 2.64. The van der Waals surface area contributed by atoms with E-state index in [0.717, 1.165) is 9.87 Å². The van der Waals surface area contributed by atoms with Gasteiger partial charge in [-0.05, 0) is 36.4 Å². The summed E-state index contributed by atoms with van der Waals surface area (Å²) in [6.45, 7) is -0.256. The van der Waals surface area contributed by atoms with Gasteiger partial charge in [0.15, 0.2) is 0 Å². The molecule has 0 fully saturated rings. The third-order valence-corrected chi connectivity index (χ3v) is 6.24. The van der Waals surface area contributed by atoms with Crippen LogP contribution in [0.15, 0.2) is 64.0 Å². The van der Waals surface area contributed by atoms with Crippen molar-refractivity contribution in [2.45, 2.75) is 11.4 Å². The highest BCUT2D eigenvalue weighted by atomic mass is 32.2. The molecule has 0 N–H and O–H groups in total. The molecule has 0 saturated heterocycles. The van der Waals surface area contributed by atoms with E-state index in [1.807, 2.05) is 0 Å². The standard InChI is InChI=1S/C20H22N4O5S/c1-23(19(25)14-24(2)30(26,27)17-7-5-4-6-8-17)13-18-21-20(22-29-18)15-9-11-16(28-3)12-10-15/h4-12H,13-14H2,1-3H3. The maximum atomic E-state index is 12.6. The summed E-state index contributed by atoms with van der Waals surface area (Å²) in [7, 11) is 0.734. The third kappa shape index (κ3) is 4.84. The number of carbonyl (C=O) groups excluding carboxylic acids is 1. The van der Waals surface area contributed by atoms with E-state index >= 15 is 0 Å². The van der Waals surface area contributed by atoms with Gasteiger partial charge in [0.2, 0.25) is 27.6 Å². The van der Waals surface area contributed by atoms with Crippen LogP contribution in [0.25, 0.3) is 11.4 Å². The predicted molar refractivity (Wildman–Crippen MR) is 109 cm³/mol. The van der Waals surface area contributed by atoms with E-state index in [2.05, 4.69) is 10.1 Å². The molecule has 0 spiro atoms. The minimum atomic E-state index is -3.75. The maximum Gasteiger partial charge on any atom is 0.246 e. The summed E-state index contributed by atoms with van der Waals surface area (Å²) in [5.74, 6) is 0.936. The lowest BCUT2D eigenvalue weighted by atomic mass is 10.2. The van der Waals surface area contributed by atoms with Crippen molar-refractivity contribution in [1.29, 1.82) is 0 Å². The molecule has 1 amide bonds. The number of sulfonamides is 1. The number of hydrogen-bond donors (Lipinski definition) is 0.